The van der Waals surface area contributed by atoms with Crippen LogP contribution in [0.5, 0.6) is 5.75 Å². The average molecular weight is 308 g/mol. The lowest BCUT2D eigenvalue weighted by atomic mass is 10.1. The number of imide groups is 1. The van der Waals surface area contributed by atoms with Gasteiger partial charge in [0.1, 0.15) is 10.8 Å². The first-order valence-electron chi connectivity index (χ1n) is 7.00. The molecule has 0 fully saturated rings. The van der Waals surface area contributed by atoms with Gasteiger partial charge in [-0.2, -0.15) is 0 Å². The molecule has 21 heavy (non-hydrogen) atoms. The Morgan fingerprint density at radius 2 is 1.76 bits per heavy atom. The first-order valence-corrected chi connectivity index (χ1v) is 7.38. The van der Waals surface area contributed by atoms with E-state index in [9.17, 15) is 9.59 Å². The molecule has 1 heterocycles. The van der Waals surface area contributed by atoms with E-state index in [-0.39, 0.29) is 16.5 Å². The molecule has 0 radical (unpaired) electrons. The molecule has 0 saturated carbocycles. The van der Waals surface area contributed by atoms with Gasteiger partial charge in [-0.15, -0.1) is 0 Å². The maximum Gasteiger partial charge on any atom is 0.273 e. The number of hydrogen-bond acceptors (Lipinski definition) is 3. The van der Waals surface area contributed by atoms with E-state index in [0.29, 0.717) is 17.9 Å². The zero-order valence-corrected chi connectivity index (χ0v) is 12.9. The van der Waals surface area contributed by atoms with Crippen LogP contribution in [-0.2, 0) is 9.59 Å². The van der Waals surface area contributed by atoms with Gasteiger partial charge < -0.3 is 4.74 Å². The maximum atomic E-state index is 12.4. The number of carbonyl (C=O) groups is 2. The topological polar surface area (TPSA) is 46.6 Å². The number of halogens is 1. The van der Waals surface area contributed by atoms with Gasteiger partial charge in [-0.3, -0.25) is 14.5 Å². The van der Waals surface area contributed by atoms with Crippen molar-refractivity contribution in [3.8, 4) is 5.75 Å². The third-order valence-electron chi connectivity index (χ3n) is 3.48. The molecule has 1 aromatic carbocycles. The monoisotopic (exact) mass is 307 g/mol. The van der Waals surface area contributed by atoms with Crippen molar-refractivity contribution in [2.45, 2.75) is 26.2 Å². The number of amides is 2. The molecular weight excluding hydrogens is 290 g/mol. The van der Waals surface area contributed by atoms with E-state index in [4.69, 9.17) is 16.3 Å². The second-order valence-electron chi connectivity index (χ2n) is 4.89. The zero-order valence-electron chi connectivity index (χ0n) is 12.2. The molecule has 0 bridgehead atoms. The third-order valence-corrected chi connectivity index (χ3v) is 3.83. The summed E-state index contributed by atoms with van der Waals surface area (Å²) in [5.74, 6) is -0.0260. The summed E-state index contributed by atoms with van der Waals surface area (Å²) in [6.45, 7) is 2.49. The summed E-state index contributed by atoms with van der Waals surface area (Å²) in [7, 11) is 1.57. The molecule has 5 heteroatoms. The fourth-order valence-corrected chi connectivity index (χ4v) is 2.57. The fraction of sp³-hybridized carbons (Fsp3) is 0.375. The van der Waals surface area contributed by atoms with Crippen LogP contribution in [-0.4, -0.2) is 30.4 Å². The highest BCUT2D eigenvalue weighted by Crippen LogP contribution is 2.32. The normalized spacial score (nSPS) is 15.1. The highest BCUT2D eigenvalue weighted by atomic mass is 35.5. The van der Waals surface area contributed by atoms with Crippen molar-refractivity contribution in [2.75, 3.05) is 13.7 Å². The standard InChI is InChI=1S/C16H18ClNO3/c1-3-4-5-10-18-15(19)13(14(17)16(18)20)11-6-8-12(21-2)9-7-11/h6-9H,3-5,10H2,1-2H3. The first kappa shape index (κ1) is 15.6. The second-order valence-corrected chi connectivity index (χ2v) is 5.26. The van der Waals surface area contributed by atoms with Gasteiger partial charge in [0, 0.05) is 6.54 Å². The number of methoxy groups -OCH3 is 1. The summed E-state index contributed by atoms with van der Waals surface area (Å²) < 4.78 is 5.08. The fourth-order valence-electron chi connectivity index (χ4n) is 2.28. The van der Waals surface area contributed by atoms with Crippen LogP contribution in [0.25, 0.3) is 5.57 Å². The summed E-state index contributed by atoms with van der Waals surface area (Å²) in [5.41, 5.74) is 0.915. The van der Waals surface area contributed by atoms with Crippen molar-refractivity contribution < 1.29 is 14.3 Å². The molecule has 2 amide bonds. The number of carbonyl (C=O) groups excluding carboxylic acids is 2. The van der Waals surface area contributed by atoms with Gasteiger partial charge in [-0.1, -0.05) is 43.5 Å². The van der Waals surface area contributed by atoms with Crippen molar-refractivity contribution in [1.82, 2.24) is 4.90 Å². The molecule has 0 aromatic heterocycles. The third kappa shape index (κ3) is 3.10. The summed E-state index contributed by atoms with van der Waals surface area (Å²) in [6, 6.07) is 6.95. The van der Waals surface area contributed by atoms with E-state index in [0.717, 1.165) is 19.3 Å². The van der Waals surface area contributed by atoms with Gasteiger partial charge >= 0.3 is 0 Å². The number of nitrogens with zero attached hydrogens (tertiary/aromatic N) is 1. The first-order chi connectivity index (χ1) is 10.1. The number of hydrogen-bond donors (Lipinski definition) is 0. The predicted molar refractivity (Wildman–Crippen MR) is 82.0 cm³/mol. The largest absolute Gasteiger partial charge is 0.497 e. The van der Waals surface area contributed by atoms with Crippen LogP contribution in [0.1, 0.15) is 31.7 Å². The van der Waals surface area contributed by atoms with E-state index in [1.165, 1.54) is 4.90 Å². The molecular formula is C16H18ClNO3. The van der Waals surface area contributed by atoms with E-state index in [1.54, 1.807) is 31.4 Å². The Kier molecular flexibility index (Phi) is 5.02. The molecule has 0 atom stereocenters. The average Bonchev–Trinajstić information content (AvgIpc) is 2.71. The van der Waals surface area contributed by atoms with Crippen molar-refractivity contribution in [3.63, 3.8) is 0 Å². The number of rotatable bonds is 6. The summed E-state index contributed by atoms with van der Waals surface area (Å²) in [4.78, 5) is 25.7. The molecule has 0 spiro atoms. The highest BCUT2D eigenvalue weighted by Gasteiger charge is 2.37. The smallest absolute Gasteiger partial charge is 0.273 e. The predicted octanol–water partition coefficient (Wildman–Crippen LogP) is 3.20. The Morgan fingerprint density at radius 3 is 2.33 bits per heavy atom. The van der Waals surface area contributed by atoms with Crippen LogP contribution in [0, 0.1) is 0 Å². The molecule has 1 aliphatic heterocycles. The number of unbranched alkanes of at least 4 members (excludes halogenated alkanes) is 2. The van der Waals surface area contributed by atoms with Crippen LogP contribution >= 0.6 is 11.6 Å². The lowest BCUT2D eigenvalue weighted by Gasteiger charge is -2.14. The van der Waals surface area contributed by atoms with Crippen molar-refractivity contribution in [1.29, 1.82) is 0 Å². The van der Waals surface area contributed by atoms with Crippen molar-refractivity contribution in [3.05, 3.63) is 34.9 Å². The van der Waals surface area contributed by atoms with Gasteiger partial charge in [-0.25, -0.2) is 0 Å². The molecule has 0 N–H and O–H groups in total. The van der Waals surface area contributed by atoms with Crippen LogP contribution in [0.3, 0.4) is 0 Å². The maximum absolute atomic E-state index is 12.4. The van der Waals surface area contributed by atoms with Gasteiger partial charge in [0.2, 0.25) is 0 Å². The summed E-state index contributed by atoms with van der Waals surface area (Å²) in [6.07, 6.45) is 2.81. The van der Waals surface area contributed by atoms with Gasteiger partial charge in [0.25, 0.3) is 11.8 Å². The molecule has 112 valence electrons. The number of benzene rings is 1. The minimum atomic E-state index is -0.399. The van der Waals surface area contributed by atoms with Crippen LogP contribution in [0.15, 0.2) is 29.3 Å². The highest BCUT2D eigenvalue weighted by molar-refractivity contribution is 6.55. The zero-order chi connectivity index (χ0) is 15.4. The Balaban J connectivity index is 2.22. The van der Waals surface area contributed by atoms with Crippen LogP contribution in [0.4, 0.5) is 0 Å². The summed E-state index contributed by atoms with van der Waals surface area (Å²) >= 11 is 6.08. The van der Waals surface area contributed by atoms with E-state index >= 15 is 0 Å². The second kappa shape index (κ2) is 6.76. The molecule has 0 aliphatic carbocycles. The van der Waals surface area contributed by atoms with Gasteiger partial charge in [0.05, 0.1) is 12.7 Å². The Hall–Kier alpha value is -1.81. The van der Waals surface area contributed by atoms with Crippen LogP contribution < -0.4 is 4.74 Å². The van der Waals surface area contributed by atoms with Crippen molar-refractivity contribution in [2.24, 2.45) is 0 Å². The lowest BCUT2D eigenvalue weighted by Crippen LogP contribution is -2.32. The molecule has 0 unspecified atom stereocenters. The Bertz CT molecular complexity index is 578. The van der Waals surface area contributed by atoms with E-state index in [1.807, 2.05) is 0 Å². The number of ether oxygens (including phenoxy) is 1. The Morgan fingerprint density at radius 1 is 1.10 bits per heavy atom. The molecule has 2 rings (SSSR count). The minimum Gasteiger partial charge on any atom is -0.497 e. The summed E-state index contributed by atoms with van der Waals surface area (Å²) in [5, 5.41) is 0.00154. The molecule has 0 saturated heterocycles. The molecule has 4 nitrogen and oxygen atoms in total. The van der Waals surface area contributed by atoms with Gasteiger partial charge in [0.15, 0.2) is 0 Å². The Labute approximate surface area is 129 Å². The van der Waals surface area contributed by atoms with E-state index in [2.05, 4.69) is 6.92 Å². The molecule has 1 aliphatic rings. The van der Waals surface area contributed by atoms with Gasteiger partial charge in [-0.05, 0) is 24.1 Å². The minimum absolute atomic E-state index is 0.00154. The SMILES string of the molecule is CCCCCN1C(=O)C(Cl)=C(c2ccc(OC)cc2)C1=O. The van der Waals surface area contributed by atoms with E-state index < -0.39 is 5.91 Å². The molecule has 1 aromatic rings. The lowest BCUT2D eigenvalue weighted by molar-refractivity contribution is -0.136. The quantitative estimate of drug-likeness (QED) is 0.599. The van der Waals surface area contributed by atoms with Crippen molar-refractivity contribution >= 4 is 29.0 Å². The van der Waals surface area contributed by atoms with Crippen LogP contribution in [0.2, 0.25) is 0 Å².